The molecular formula is C6H9F2Ir. The maximum Gasteiger partial charge on any atom is -0.269 e. The number of rotatable bonds is 0. The van der Waals surface area contributed by atoms with Crippen LogP contribution in [0.15, 0.2) is 21.8 Å². The molecule has 0 N–H and O–H groups in total. The molecule has 0 heterocycles. The molecule has 3 heteroatoms. The molecule has 0 aliphatic heterocycles. The first-order valence-electron chi connectivity index (χ1n) is 2.30. The van der Waals surface area contributed by atoms with Crippen LogP contribution in [0.25, 0.3) is 0 Å². The van der Waals surface area contributed by atoms with Crippen molar-refractivity contribution in [2.75, 3.05) is 0 Å². The van der Waals surface area contributed by atoms with Gasteiger partial charge in [0.15, 0.2) is 0 Å². The number of hydrogen-bond acceptors (Lipinski definition) is 0. The summed E-state index contributed by atoms with van der Waals surface area (Å²) in [7, 11) is 0. The molecule has 9 heavy (non-hydrogen) atoms. The Morgan fingerprint density at radius 3 is 2.11 bits per heavy atom. The summed E-state index contributed by atoms with van der Waals surface area (Å²) in [6.45, 7) is 2.15. The van der Waals surface area contributed by atoms with Gasteiger partial charge in [0.1, 0.15) is 0 Å². The summed E-state index contributed by atoms with van der Waals surface area (Å²) >= 11 is 2.18. The summed E-state index contributed by atoms with van der Waals surface area (Å²) < 4.78 is 1.51. The van der Waals surface area contributed by atoms with E-state index >= 15 is 0 Å². The molecular weight excluding hydrogens is 302 g/mol. The van der Waals surface area contributed by atoms with Gasteiger partial charge in [-0.05, 0) is 0 Å². The van der Waals surface area contributed by atoms with Crippen LogP contribution in [0.2, 0.25) is 0 Å². The van der Waals surface area contributed by atoms with Crippen molar-refractivity contribution in [1.82, 2.24) is 0 Å². The Hall–Kier alpha value is -0.0106. The summed E-state index contributed by atoms with van der Waals surface area (Å²) in [5, 5.41) is 0. The SMILES string of the molecule is CC1=[C]([Ir])CC=C1.F.F. The van der Waals surface area contributed by atoms with E-state index in [4.69, 9.17) is 0 Å². The Morgan fingerprint density at radius 1 is 1.44 bits per heavy atom. The van der Waals surface area contributed by atoms with Crippen molar-refractivity contribution in [2.45, 2.75) is 13.3 Å². The van der Waals surface area contributed by atoms with Gasteiger partial charge in [-0.2, -0.15) is 0 Å². The molecule has 0 fully saturated rings. The fraction of sp³-hybridized carbons (Fsp3) is 0.333. The van der Waals surface area contributed by atoms with Gasteiger partial charge in [-0.25, -0.2) is 0 Å². The zero-order valence-corrected chi connectivity index (χ0v) is 7.41. The van der Waals surface area contributed by atoms with Gasteiger partial charge < -0.3 is 0 Å². The van der Waals surface area contributed by atoms with Crippen LogP contribution in [0.4, 0.5) is 9.41 Å². The molecule has 56 valence electrons. The largest absolute Gasteiger partial charge is 0.269 e. The van der Waals surface area contributed by atoms with E-state index < -0.39 is 0 Å². The van der Waals surface area contributed by atoms with E-state index in [1.165, 1.54) is 16.1 Å². The molecule has 0 aromatic rings. The Bertz CT molecular complexity index is 138. The van der Waals surface area contributed by atoms with E-state index in [2.05, 4.69) is 38.0 Å². The first-order chi connectivity index (χ1) is 3.30. The minimum atomic E-state index is 0. The van der Waals surface area contributed by atoms with Gasteiger partial charge in [0.25, 0.3) is 0 Å². The van der Waals surface area contributed by atoms with E-state index in [-0.39, 0.29) is 9.41 Å². The van der Waals surface area contributed by atoms with Crippen LogP contribution in [0, 0.1) is 0 Å². The van der Waals surface area contributed by atoms with Crippen molar-refractivity contribution in [2.24, 2.45) is 0 Å². The molecule has 0 nitrogen and oxygen atoms in total. The molecule has 0 amide bonds. The van der Waals surface area contributed by atoms with E-state index in [9.17, 15) is 0 Å². The predicted molar refractivity (Wildman–Crippen MR) is 31.5 cm³/mol. The van der Waals surface area contributed by atoms with Gasteiger partial charge in [0.05, 0.1) is 0 Å². The first kappa shape index (κ1) is 11.7. The summed E-state index contributed by atoms with van der Waals surface area (Å²) in [5.41, 5.74) is 1.44. The second kappa shape index (κ2) is 4.83. The van der Waals surface area contributed by atoms with E-state index in [0.717, 1.165) is 0 Å². The van der Waals surface area contributed by atoms with Crippen LogP contribution in [0.1, 0.15) is 13.3 Å². The normalized spacial score (nSPS) is 15.0. The third-order valence-corrected chi connectivity index (χ3v) is 2.50. The quantitative estimate of drug-likeness (QED) is 0.642. The van der Waals surface area contributed by atoms with Gasteiger partial charge in [-0.15, -0.1) is 0 Å². The molecule has 0 unspecified atom stereocenters. The Balaban J connectivity index is 0. The van der Waals surface area contributed by atoms with Crippen LogP contribution in [-0.2, 0) is 18.9 Å². The minimum Gasteiger partial charge on any atom is -0.269 e. The van der Waals surface area contributed by atoms with Gasteiger partial charge in [-0.3, -0.25) is 9.41 Å². The fourth-order valence-electron chi connectivity index (χ4n) is 0.582. The van der Waals surface area contributed by atoms with Crippen molar-refractivity contribution in [3.8, 4) is 0 Å². The monoisotopic (exact) mass is 312 g/mol. The molecule has 0 spiro atoms. The molecule has 0 radical (unpaired) electrons. The summed E-state index contributed by atoms with van der Waals surface area (Å²) in [6, 6.07) is 0. The molecule has 1 aliphatic carbocycles. The van der Waals surface area contributed by atoms with Gasteiger partial charge in [0, 0.05) is 0 Å². The molecule has 0 aromatic heterocycles. The molecule has 0 bridgehead atoms. The fourth-order valence-corrected chi connectivity index (χ4v) is 1.06. The molecule has 1 aliphatic rings. The van der Waals surface area contributed by atoms with Crippen molar-refractivity contribution in [3.63, 3.8) is 0 Å². The van der Waals surface area contributed by atoms with Crippen molar-refractivity contribution >= 4 is 0 Å². The average Bonchev–Trinajstić information content (AvgIpc) is 1.91. The average molecular weight is 311 g/mol. The van der Waals surface area contributed by atoms with E-state index in [0.29, 0.717) is 0 Å². The second-order valence-electron chi connectivity index (χ2n) is 1.67. The van der Waals surface area contributed by atoms with Crippen LogP contribution in [0.5, 0.6) is 0 Å². The second-order valence-corrected chi connectivity index (χ2v) is 3.11. The first-order valence-corrected chi connectivity index (χ1v) is 3.50. The van der Waals surface area contributed by atoms with Gasteiger partial charge >= 0.3 is 54.1 Å². The third kappa shape index (κ3) is 2.87. The summed E-state index contributed by atoms with van der Waals surface area (Å²) in [5.74, 6) is 0. The van der Waals surface area contributed by atoms with E-state index in [1.54, 1.807) is 0 Å². The molecule has 0 aromatic carbocycles. The predicted octanol–water partition coefficient (Wildman–Crippen LogP) is 2.07. The molecule has 0 atom stereocenters. The number of allylic oxidation sites excluding steroid dienone is 4. The Labute approximate surface area is 63.9 Å². The van der Waals surface area contributed by atoms with Crippen molar-refractivity contribution < 1.29 is 28.3 Å². The standard InChI is InChI=1S/C6H7.2FH.Ir/c1-6-4-2-3-5-6;;;/h2,4H,3H2,1H3;2*1H;. The van der Waals surface area contributed by atoms with Crippen LogP contribution in [-0.4, -0.2) is 0 Å². The van der Waals surface area contributed by atoms with Crippen LogP contribution < -0.4 is 0 Å². The number of hydrogen-bond donors (Lipinski definition) is 0. The maximum absolute atomic E-state index is 2.20. The topological polar surface area (TPSA) is 0 Å². The van der Waals surface area contributed by atoms with Gasteiger partial charge in [0.2, 0.25) is 0 Å². The van der Waals surface area contributed by atoms with Crippen molar-refractivity contribution in [3.05, 3.63) is 21.8 Å². The summed E-state index contributed by atoms with van der Waals surface area (Å²) in [4.78, 5) is 0. The minimum absolute atomic E-state index is 0. The maximum atomic E-state index is 2.20. The van der Waals surface area contributed by atoms with Crippen LogP contribution >= 0.6 is 0 Å². The smallest absolute Gasteiger partial charge is 0.269 e. The molecule has 0 saturated heterocycles. The molecule has 1 rings (SSSR count). The van der Waals surface area contributed by atoms with Crippen molar-refractivity contribution in [1.29, 1.82) is 0 Å². The molecule has 0 saturated carbocycles. The Kier molecular flexibility index (Phi) is 6.30. The summed E-state index contributed by atoms with van der Waals surface area (Å²) in [6.07, 6.45) is 5.55. The zero-order valence-electron chi connectivity index (χ0n) is 5.01. The number of halogens is 2. The van der Waals surface area contributed by atoms with Crippen LogP contribution in [0.3, 0.4) is 0 Å². The third-order valence-electron chi connectivity index (χ3n) is 1.07. The zero-order chi connectivity index (χ0) is 5.28. The van der Waals surface area contributed by atoms with Gasteiger partial charge in [-0.1, -0.05) is 0 Å². The Morgan fingerprint density at radius 2 is 2.00 bits per heavy atom. The van der Waals surface area contributed by atoms with E-state index in [1.807, 2.05) is 0 Å².